The lowest BCUT2D eigenvalue weighted by atomic mass is 9.80. The Kier molecular flexibility index (Phi) is 3.70. The van der Waals surface area contributed by atoms with Crippen LogP contribution in [0.15, 0.2) is 18.2 Å². The smallest absolute Gasteiger partial charge is 0.309 e. The maximum absolute atomic E-state index is 12.5. The number of rotatable bonds is 2. The molecule has 0 bridgehead atoms. The predicted octanol–water partition coefficient (Wildman–Crippen LogP) is 1.90. The van der Waals surface area contributed by atoms with Gasteiger partial charge in [0.2, 0.25) is 0 Å². The normalized spacial score (nSPS) is 17.8. The van der Waals surface area contributed by atoms with Gasteiger partial charge in [0.15, 0.2) is 0 Å². The monoisotopic (exact) mass is 276 g/mol. The second kappa shape index (κ2) is 5.15. The summed E-state index contributed by atoms with van der Waals surface area (Å²) in [6.07, 6.45) is 0.963. The minimum absolute atomic E-state index is 0.0674. The van der Waals surface area contributed by atoms with Crippen LogP contribution < -0.4 is 5.73 Å². The van der Waals surface area contributed by atoms with Crippen LogP contribution in [-0.2, 0) is 4.79 Å². The average molecular weight is 276 g/mol. The van der Waals surface area contributed by atoms with Gasteiger partial charge in [0, 0.05) is 24.3 Å². The summed E-state index contributed by atoms with van der Waals surface area (Å²) in [7, 11) is 0. The highest BCUT2D eigenvalue weighted by molar-refractivity contribution is 5.97. The highest BCUT2D eigenvalue weighted by atomic mass is 16.4. The first-order chi connectivity index (χ1) is 9.35. The number of nitrogens with two attached hydrogens (primary N) is 1. The summed E-state index contributed by atoms with van der Waals surface area (Å²) in [6, 6.07) is 5.30. The number of carbonyl (C=O) groups excluding carboxylic acids is 1. The topological polar surface area (TPSA) is 83.6 Å². The molecule has 0 unspecified atom stereocenters. The minimum Gasteiger partial charge on any atom is -0.481 e. The Morgan fingerprint density at radius 3 is 2.45 bits per heavy atom. The van der Waals surface area contributed by atoms with Crippen molar-refractivity contribution in [2.45, 2.75) is 26.7 Å². The number of hydrogen-bond donors (Lipinski definition) is 2. The molecule has 0 aromatic heterocycles. The molecule has 20 heavy (non-hydrogen) atoms. The van der Waals surface area contributed by atoms with E-state index in [1.54, 1.807) is 30.0 Å². The van der Waals surface area contributed by atoms with Crippen molar-refractivity contribution in [1.82, 2.24) is 4.90 Å². The number of nitrogens with zero attached hydrogens (tertiary/aromatic N) is 1. The maximum Gasteiger partial charge on any atom is 0.309 e. The Bertz CT molecular complexity index is 546. The number of amides is 1. The van der Waals surface area contributed by atoms with E-state index >= 15 is 0 Å². The van der Waals surface area contributed by atoms with Crippen LogP contribution in [0.1, 0.15) is 35.7 Å². The number of hydrogen-bond acceptors (Lipinski definition) is 3. The first-order valence-electron chi connectivity index (χ1n) is 6.73. The second-order valence-electron chi connectivity index (χ2n) is 5.68. The zero-order chi connectivity index (χ0) is 14.9. The summed E-state index contributed by atoms with van der Waals surface area (Å²) in [4.78, 5) is 25.4. The Morgan fingerprint density at radius 1 is 1.30 bits per heavy atom. The summed E-state index contributed by atoms with van der Waals surface area (Å²) >= 11 is 0. The molecule has 1 aromatic rings. The van der Waals surface area contributed by atoms with E-state index in [1.165, 1.54) is 0 Å². The molecule has 1 aliphatic rings. The molecule has 1 aliphatic heterocycles. The summed E-state index contributed by atoms with van der Waals surface area (Å²) in [5.41, 5.74) is 7.08. The molecular formula is C15H20N2O3. The molecular weight excluding hydrogens is 256 g/mol. The van der Waals surface area contributed by atoms with Gasteiger partial charge in [-0.05, 0) is 44.4 Å². The lowest BCUT2D eigenvalue weighted by molar-refractivity contribution is -0.150. The molecule has 0 atom stereocenters. The molecule has 1 saturated heterocycles. The molecule has 0 radical (unpaired) electrons. The number of nitrogen functional groups attached to an aromatic ring is 1. The van der Waals surface area contributed by atoms with Gasteiger partial charge < -0.3 is 15.7 Å². The van der Waals surface area contributed by atoms with E-state index in [2.05, 4.69) is 0 Å². The van der Waals surface area contributed by atoms with Crippen molar-refractivity contribution in [1.29, 1.82) is 0 Å². The van der Waals surface area contributed by atoms with Crippen molar-refractivity contribution >= 4 is 17.6 Å². The molecule has 1 heterocycles. The van der Waals surface area contributed by atoms with E-state index < -0.39 is 11.4 Å². The molecule has 0 spiro atoms. The van der Waals surface area contributed by atoms with E-state index in [0.29, 0.717) is 37.2 Å². The van der Waals surface area contributed by atoms with E-state index in [4.69, 9.17) is 5.73 Å². The van der Waals surface area contributed by atoms with Crippen molar-refractivity contribution in [2.24, 2.45) is 5.41 Å². The third-order valence-electron chi connectivity index (χ3n) is 4.28. The molecule has 1 amide bonds. The molecule has 1 fully saturated rings. The first-order valence-corrected chi connectivity index (χ1v) is 6.73. The Morgan fingerprint density at radius 2 is 1.90 bits per heavy atom. The molecule has 2 rings (SSSR count). The average Bonchev–Trinajstić information content (AvgIpc) is 2.42. The van der Waals surface area contributed by atoms with Gasteiger partial charge in [-0.15, -0.1) is 0 Å². The number of likely N-dealkylation sites (tertiary alicyclic amines) is 1. The quantitative estimate of drug-likeness (QED) is 0.808. The summed E-state index contributed by atoms with van der Waals surface area (Å²) in [6.45, 7) is 4.50. The zero-order valence-corrected chi connectivity index (χ0v) is 11.8. The molecule has 0 saturated carbocycles. The molecule has 108 valence electrons. The number of benzene rings is 1. The fourth-order valence-electron chi connectivity index (χ4n) is 2.47. The Balaban J connectivity index is 2.13. The van der Waals surface area contributed by atoms with Gasteiger partial charge in [-0.25, -0.2) is 0 Å². The zero-order valence-electron chi connectivity index (χ0n) is 11.8. The number of carbonyl (C=O) groups is 2. The van der Waals surface area contributed by atoms with Crippen LogP contribution in [0.25, 0.3) is 0 Å². The lowest BCUT2D eigenvalue weighted by Gasteiger charge is -2.36. The number of carboxylic acid groups (broad SMARTS) is 1. The van der Waals surface area contributed by atoms with Gasteiger partial charge in [-0.3, -0.25) is 9.59 Å². The predicted molar refractivity (Wildman–Crippen MR) is 76.5 cm³/mol. The van der Waals surface area contributed by atoms with Crippen molar-refractivity contribution in [3.63, 3.8) is 0 Å². The highest BCUT2D eigenvalue weighted by Crippen LogP contribution is 2.32. The van der Waals surface area contributed by atoms with Crippen LogP contribution >= 0.6 is 0 Å². The van der Waals surface area contributed by atoms with Crippen LogP contribution in [0.2, 0.25) is 0 Å². The third kappa shape index (κ3) is 2.48. The maximum atomic E-state index is 12.5. The number of anilines is 1. The van der Waals surface area contributed by atoms with Gasteiger partial charge >= 0.3 is 5.97 Å². The fourth-order valence-corrected chi connectivity index (χ4v) is 2.47. The van der Waals surface area contributed by atoms with Crippen molar-refractivity contribution in [3.8, 4) is 0 Å². The van der Waals surface area contributed by atoms with E-state index in [-0.39, 0.29) is 5.91 Å². The van der Waals surface area contributed by atoms with Crippen LogP contribution in [0, 0.1) is 12.3 Å². The number of piperidine rings is 1. The lowest BCUT2D eigenvalue weighted by Crippen LogP contribution is -2.45. The van der Waals surface area contributed by atoms with Crippen molar-refractivity contribution in [3.05, 3.63) is 29.3 Å². The Labute approximate surface area is 118 Å². The minimum atomic E-state index is -0.787. The third-order valence-corrected chi connectivity index (χ3v) is 4.28. The molecule has 3 N–H and O–H groups in total. The number of carboxylic acids is 1. The summed E-state index contributed by atoms with van der Waals surface area (Å²) in [5.74, 6) is -0.855. The van der Waals surface area contributed by atoms with E-state index in [0.717, 1.165) is 5.56 Å². The standard InChI is InChI=1S/C15H20N2O3/c1-10-11(4-3-5-12(10)16)13(18)17-8-6-15(2,7-9-17)14(19)20/h3-5H,6-9,16H2,1-2H3,(H,19,20). The van der Waals surface area contributed by atoms with Gasteiger partial charge in [-0.2, -0.15) is 0 Å². The fraction of sp³-hybridized carbons (Fsp3) is 0.467. The highest BCUT2D eigenvalue weighted by Gasteiger charge is 2.38. The van der Waals surface area contributed by atoms with Gasteiger partial charge in [0.05, 0.1) is 5.41 Å². The van der Waals surface area contributed by atoms with Crippen molar-refractivity contribution < 1.29 is 14.7 Å². The largest absolute Gasteiger partial charge is 0.481 e. The van der Waals surface area contributed by atoms with Crippen LogP contribution in [0.5, 0.6) is 0 Å². The van der Waals surface area contributed by atoms with Gasteiger partial charge in [0.25, 0.3) is 5.91 Å². The first kappa shape index (κ1) is 14.4. The van der Waals surface area contributed by atoms with Crippen LogP contribution in [-0.4, -0.2) is 35.0 Å². The van der Waals surface area contributed by atoms with Crippen molar-refractivity contribution in [2.75, 3.05) is 18.8 Å². The van der Waals surface area contributed by atoms with Gasteiger partial charge in [0.1, 0.15) is 0 Å². The molecule has 5 nitrogen and oxygen atoms in total. The van der Waals surface area contributed by atoms with E-state index in [9.17, 15) is 14.7 Å². The summed E-state index contributed by atoms with van der Waals surface area (Å²) in [5, 5.41) is 9.20. The second-order valence-corrected chi connectivity index (χ2v) is 5.68. The SMILES string of the molecule is Cc1c(N)cccc1C(=O)N1CCC(C)(C(=O)O)CC1. The van der Waals surface area contributed by atoms with Crippen LogP contribution in [0.4, 0.5) is 5.69 Å². The molecule has 5 heteroatoms. The Hall–Kier alpha value is -2.04. The van der Waals surface area contributed by atoms with E-state index in [1.807, 2.05) is 6.92 Å². The number of aliphatic carboxylic acids is 1. The molecule has 0 aliphatic carbocycles. The summed E-state index contributed by atoms with van der Waals surface area (Å²) < 4.78 is 0. The molecule has 1 aromatic carbocycles. The van der Waals surface area contributed by atoms with Crippen LogP contribution in [0.3, 0.4) is 0 Å². The van der Waals surface area contributed by atoms with Gasteiger partial charge in [-0.1, -0.05) is 6.07 Å².